The van der Waals surface area contributed by atoms with Crippen molar-refractivity contribution in [1.29, 1.82) is 0 Å². The van der Waals surface area contributed by atoms with Gasteiger partial charge < -0.3 is 5.32 Å². The molecular formula is C16H23FN2S. The van der Waals surface area contributed by atoms with Gasteiger partial charge in [-0.1, -0.05) is 19.1 Å². The summed E-state index contributed by atoms with van der Waals surface area (Å²) in [6.07, 6.45) is 2.58. The van der Waals surface area contributed by atoms with Crippen molar-refractivity contribution in [1.82, 2.24) is 10.2 Å². The van der Waals surface area contributed by atoms with Crippen molar-refractivity contribution in [2.24, 2.45) is 0 Å². The van der Waals surface area contributed by atoms with Crippen LogP contribution in [0.5, 0.6) is 0 Å². The van der Waals surface area contributed by atoms with Crippen molar-refractivity contribution >= 4 is 11.8 Å². The molecule has 2 nitrogen and oxygen atoms in total. The van der Waals surface area contributed by atoms with E-state index in [4.69, 9.17) is 0 Å². The normalized spacial score (nSPS) is 24.0. The summed E-state index contributed by atoms with van der Waals surface area (Å²) >= 11 is 2.01. The van der Waals surface area contributed by atoms with Crippen LogP contribution in [0.25, 0.3) is 0 Å². The molecule has 2 aliphatic rings. The number of thioether (sulfide) groups is 1. The lowest BCUT2D eigenvalue weighted by Crippen LogP contribution is -2.36. The molecule has 0 aromatic heterocycles. The van der Waals surface area contributed by atoms with Gasteiger partial charge in [0.1, 0.15) is 5.82 Å². The molecule has 1 unspecified atom stereocenters. The summed E-state index contributed by atoms with van der Waals surface area (Å²) < 4.78 is 14.0. The Morgan fingerprint density at radius 3 is 3.00 bits per heavy atom. The molecule has 1 saturated heterocycles. The molecule has 0 spiro atoms. The topological polar surface area (TPSA) is 15.3 Å². The number of benzene rings is 1. The standard InChI is InChI=1S/C16H23FN2S/c1-12-10-19(6-7-20-12)11-14-8-13(2-5-16(14)17)9-18-15-3-4-15/h2,5,8,12,15,18H,3-4,6-7,9-11H2,1H3. The van der Waals surface area contributed by atoms with Crippen LogP contribution < -0.4 is 5.32 Å². The lowest BCUT2D eigenvalue weighted by molar-refractivity contribution is 0.274. The number of hydrogen-bond donors (Lipinski definition) is 1. The zero-order valence-corrected chi connectivity index (χ0v) is 12.9. The third-order valence-electron chi connectivity index (χ3n) is 4.00. The SMILES string of the molecule is CC1CN(Cc2cc(CNC3CC3)ccc2F)CCS1. The monoisotopic (exact) mass is 294 g/mol. The van der Waals surface area contributed by atoms with Gasteiger partial charge in [0, 0.05) is 48.8 Å². The van der Waals surface area contributed by atoms with Gasteiger partial charge >= 0.3 is 0 Å². The van der Waals surface area contributed by atoms with E-state index in [9.17, 15) is 4.39 Å². The lowest BCUT2D eigenvalue weighted by Gasteiger charge is -2.30. The Morgan fingerprint density at radius 1 is 1.40 bits per heavy atom. The quantitative estimate of drug-likeness (QED) is 0.898. The predicted molar refractivity (Wildman–Crippen MR) is 83.5 cm³/mol. The van der Waals surface area contributed by atoms with Crippen LogP contribution in [0.2, 0.25) is 0 Å². The highest BCUT2D eigenvalue weighted by Gasteiger charge is 2.21. The maximum atomic E-state index is 14.0. The average molecular weight is 294 g/mol. The molecule has 1 heterocycles. The van der Waals surface area contributed by atoms with Crippen molar-refractivity contribution in [3.8, 4) is 0 Å². The van der Waals surface area contributed by atoms with E-state index in [1.54, 1.807) is 6.07 Å². The highest BCUT2D eigenvalue weighted by molar-refractivity contribution is 7.99. The molecule has 4 heteroatoms. The van der Waals surface area contributed by atoms with Gasteiger partial charge in [0.25, 0.3) is 0 Å². The van der Waals surface area contributed by atoms with Crippen molar-refractivity contribution < 1.29 is 4.39 Å². The minimum Gasteiger partial charge on any atom is -0.310 e. The Bertz CT molecular complexity index is 462. The molecule has 1 aliphatic heterocycles. The van der Waals surface area contributed by atoms with Crippen molar-refractivity contribution in [2.75, 3.05) is 18.8 Å². The van der Waals surface area contributed by atoms with Crippen molar-refractivity contribution in [2.45, 2.75) is 44.1 Å². The van der Waals surface area contributed by atoms with Crippen LogP contribution in [0.15, 0.2) is 18.2 Å². The van der Waals surface area contributed by atoms with E-state index in [1.165, 1.54) is 18.4 Å². The first-order valence-corrected chi connectivity index (χ1v) is 8.60. The van der Waals surface area contributed by atoms with Crippen molar-refractivity contribution in [3.05, 3.63) is 35.1 Å². The van der Waals surface area contributed by atoms with E-state index in [0.717, 1.165) is 37.5 Å². The highest BCUT2D eigenvalue weighted by Crippen LogP contribution is 2.22. The van der Waals surface area contributed by atoms with Gasteiger partial charge in [0.05, 0.1) is 0 Å². The number of hydrogen-bond acceptors (Lipinski definition) is 3. The first-order valence-electron chi connectivity index (χ1n) is 7.55. The summed E-state index contributed by atoms with van der Waals surface area (Å²) in [6.45, 7) is 6.00. The number of rotatable bonds is 5. The van der Waals surface area contributed by atoms with E-state index in [2.05, 4.69) is 17.1 Å². The number of nitrogens with one attached hydrogen (secondary N) is 1. The molecule has 1 aromatic rings. The first kappa shape index (κ1) is 14.4. The van der Waals surface area contributed by atoms with E-state index in [1.807, 2.05) is 23.9 Å². The van der Waals surface area contributed by atoms with Gasteiger partial charge in [-0.2, -0.15) is 11.8 Å². The van der Waals surface area contributed by atoms with Gasteiger partial charge in [-0.25, -0.2) is 4.39 Å². The molecular weight excluding hydrogens is 271 g/mol. The molecule has 1 atom stereocenters. The summed E-state index contributed by atoms with van der Waals surface area (Å²) in [4.78, 5) is 2.37. The summed E-state index contributed by atoms with van der Waals surface area (Å²) in [5.74, 6) is 1.09. The molecule has 2 fully saturated rings. The molecule has 1 saturated carbocycles. The second-order valence-electron chi connectivity index (χ2n) is 6.00. The van der Waals surface area contributed by atoms with Crippen LogP contribution in [-0.4, -0.2) is 35.0 Å². The van der Waals surface area contributed by atoms with Crippen LogP contribution in [0.1, 0.15) is 30.9 Å². The largest absolute Gasteiger partial charge is 0.310 e. The zero-order valence-electron chi connectivity index (χ0n) is 12.1. The molecule has 0 bridgehead atoms. The molecule has 1 N–H and O–H groups in total. The third kappa shape index (κ3) is 3.96. The summed E-state index contributed by atoms with van der Waals surface area (Å²) in [7, 11) is 0. The van der Waals surface area contributed by atoms with Gasteiger partial charge in [-0.15, -0.1) is 0 Å². The van der Waals surface area contributed by atoms with Crippen LogP contribution in [0.3, 0.4) is 0 Å². The van der Waals surface area contributed by atoms with Gasteiger partial charge in [0.15, 0.2) is 0 Å². The summed E-state index contributed by atoms with van der Waals surface area (Å²) in [5.41, 5.74) is 2.05. The molecule has 1 aliphatic carbocycles. The minimum absolute atomic E-state index is 0.0638. The van der Waals surface area contributed by atoms with E-state index < -0.39 is 0 Å². The molecule has 1 aromatic carbocycles. The van der Waals surface area contributed by atoms with E-state index in [-0.39, 0.29) is 5.82 Å². The van der Waals surface area contributed by atoms with E-state index >= 15 is 0 Å². The van der Waals surface area contributed by atoms with Crippen LogP contribution in [0.4, 0.5) is 4.39 Å². The highest BCUT2D eigenvalue weighted by atomic mass is 32.2. The fourth-order valence-electron chi connectivity index (χ4n) is 2.68. The van der Waals surface area contributed by atoms with Gasteiger partial charge in [0.2, 0.25) is 0 Å². The lowest BCUT2D eigenvalue weighted by atomic mass is 10.1. The molecule has 110 valence electrons. The number of nitrogens with zero attached hydrogens (tertiary/aromatic N) is 1. The van der Waals surface area contributed by atoms with Crippen LogP contribution in [-0.2, 0) is 13.1 Å². The van der Waals surface area contributed by atoms with Crippen molar-refractivity contribution in [3.63, 3.8) is 0 Å². The first-order chi connectivity index (χ1) is 9.70. The van der Waals surface area contributed by atoms with Gasteiger partial charge in [-0.3, -0.25) is 4.90 Å². The van der Waals surface area contributed by atoms with E-state index in [0.29, 0.717) is 11.3 Å². The molecule has 0 amide bonds. The Hall–Kier alpha value is -0.580. The van der Waals surface area contributed by atoms with Crippen LogP contribution >= 0.6 is 11.8 Å². The molecule has 20 heavy (non-hydrogen) atoms. The maximum Gasteiger partial charge on any atom is 0.127 e. The Morgan fingerprint density at radius 2 is 2.25 bits per heavy atom. The molecule has 0 radical (unpaired) electrons. The fraction of sp³-hybridized carbons (Fsp3) is 0.625. The zero-order chi connectivity index (χ0) is 13.9. The Labute approximate surface area is 125 Å². The average Bonchev–Trinajstić information content (AvgIpc) is 3.24. The Kier molecular flexibility index (Phi) is 4.64. The molecule has 3 rings (SSSR count). The Balaban J connectivity index is 1.62. The second kappa shape index (κ2) is 6.46. The smallest absolute Gasteiger partial charge is 0.127 e. The summed E-state index contributed by atoms with van der Waals surface area (Å²) in [6, 6.07) is 6.27. The van der Waals surface area contributed by atoms with Gasteiger partial charge in [-0.05, 0) is 24.5 Å². The van der Waals surface area contributed by atoms with Crippen LogP contribution in [0, 0.1) is 5.82 Å². The third-order valence-corrected chi connectivity index (χ3v) is 5.14. The fourth-order valence-corrected chi connectivity index (χ4v) is 3.77. The summed E-state index contributed by atoms with van der Waals surface area (Å²) in [5, 5.41) is 4.15. The predicted octanol–water partition coefficient (Wildman–Crippen LogP) is 3.02. The maximum absolute atomic E-state index is 14.0. The second-order valence-corrected chi connectivity index (χ2v) is 7.54. The minimum atomic E-state index is -0.0638. The number of halogens is 1.